The smallest absolute Gasteiger partial charge is 0.172 e. The molecule has 0 aliphatic carbocycles. The molecule has 0 aromatic heterocycles. The standard InChI is InChI=1S/C23H27BrN2O2/c1-3-12-26(2)13-4-5-14-28-19-10-11-22-20(15-19)21(16-25-22)23(27)17-6-8-18(24)9-7-17/h3,6-11,15,21,25H,1,4-5,12-14,16H2,2H3. The Morgan fingerprint density at radius 3 is 2.82 bits per heavy atom. The van der Waals surface area contributed by atoms with Crippen molar-refractivity contribution < 1.29 is 9.53 Å². The van der Waals surface area contributed by atoms with Gasteiger partial charge in [-0.1, -0.05) is 34.1 Å². The van der Waals surface area contributed by atoms with Gasteiger partial charge in [-0.25, -0.2) is 0 Å². The van der Waals surface area contributed by atoms with Crippen LogP contribution in [0.15, 0.2) is 59.6 Å². The van der Waals surface area contributed by atoms with Crippen molar-refractivity contribution >= 4 is 27.4 Å². The number of anilines is 1. The van der Waals surface area contributed by atoms with Gasteiger partial charge < -0.3 is 15.0 Å². The molecule has 1 atom stereocenters. The van der Waals surface area contributed by atoms with Crippen LogP contribution in [0.25, 0.3) is 0 Å². The molecule has 3 rings (SSSR count). The second-order valence-electron chi connectivity index (χ2n) is 7.16. The first-order valence-electron chi connectivity index (χ1n) is 9.68. The van der Waals surface area contributed by atoms with Gasteiger partial charge in [0.2, 0.25) is 0 Å². The predicted molar refractivity (Wildman–Crippen MR) is 119 cm³/mol. The number of fused-ring (bicyclic) bond motifs is 1. The summed E-state index contributed by atoms with van der Waals surface area (Å²) < 4.78 is 6.91. The Morgan fingerprint density at radius 2 is 2.07 bits per heavy atom. The maximum atomic E-state index is 12.9. The molecule has 1 N–H and O–H groups in total. The van der Waals surface area contributed by atoms with Crippen molar-refractivity contribution in [2.45, 2.75) is 18.8 Å². The van der Waals surface area contributed by atoms with Crippen LogP contribution in [0.3, 0.4) is 0 Å². The molecule has 0 spiro atoms. The van der Waals surface area contributed by atoms with E-state index in [1.165, 1.54) is 0 Å². The lowest BCUT2D eigenvalue weighted by molar-refractivity contribution is 0.0966. The minimum atomic E-state index is -0.174. The molecule has 0 saturated carbocycles. The fourth-order valence-electron chi connectivity index (χ4n) is 3.44. The highest BCUT2D eigenvalue weighted by molar-refractivity contribution is 9.10. The second kappa shape index (κ2) is 9.89. The Labute approximate surface area is 175 Å². The van der Waals surface area contributed by atoms with Crippen LogP contribution in [0.1, 0.15) is 34.7 Å². The van der Waals surface area contributed by atoms with Crippen LogP contribution in [0.4, 0.5) is 5.69 Å². The number of carbonyl (C=O) groups excluding carboxylic acids is 1. The molecule has 1 heterocycles. The van der Waals surface area contributed by atoms with Gasteiger partial charge in [0.1, 0.15) is 5.75 Å². The minimum Gasteiger partial charge on any atom is -0.494 e. The van der Waals surface area contributed by atoms with Crippen LogP contribution in [0.5, 0.6) is 5.75 Å². The van der Waals surface area contributed by atoms with Crippen molar-refractivity contribution in [2.24, 2.45) is 0 Å². The number of ether oxygens (including phenoxy) is 1. The first-order valence-corrected chi connectivity index (χ1v) is 10.5. The number of hydrogen-bond acceptors (Lipinski definition) is 4. The van der Waals surface area contributed by atoms with Crippen molar-refractivity contribution in [3.63, 3.8) is 0 Å². The van der Waals surface area contributed by atoms with E-state index in [0.29, 0.717) is 13.2 Å². The summed E-state index contributed by atoms with van der Waals surface area (Å²) in [7, 11) is 2.10. The van der Waals surface area contributed by atoms with Gasteiger partial charge in [-0.05, 0) is 62.3 Å². The molecule has 148 valence electrons. The van der Waals surface area contributed by atoms with Crippen molar-refractivity contribution in [3.05, 3.63) is 70.7 Å². The van der Waals surface area contributed by atoms with Gasteiger partial charge in [0, 0.05) is 28.8 Å². The zero-order chi connectivity index (χ0) is 19.9. The van der Waals surface area contributed by atoms with Gasteiger partial charge >= 0.3 is 0 Å². The average Bonchev–Trinajstić information content (AvgIpc) is 3.11. The van der Waals surface area contributed by atoms with Crippen molar-refractivity contribution in [3.8, 4) is 5.75 Å². The zero-order valence-corrected chi connectivity index (χ0v) is 17.9. The molecule has 0 bridgehead atoms. The van der Waals surface area contributed by atoms with E-state index in [1.54, 1.807) is 0 Å². The van der Waals surface area contributed by atoms with Crippen molar-refractivity contribution in [1.82, 2.24) is 4.90 Å². The first kappa shape index (κ1) is 20.6. The molecule has 5 heteroatoms. The summed E-state index contributed by atoms with van der Waals surface area (Å²) in [6, 6.07) is 13.5. The van der Waals surface area contributed by atoms with Gasteiger partial charge in [-0.2, -0.15) is 0 Å². The van der Waals surface area contributed by atoms with Crippen LogP contribution >= 0.6 is 15.9 Å². The zero-order valence-electron chi connectivity index (χ0n) is 16.3. The highest BCUT2D eigenvalue weighted by Crippen LogP contribution is 2.36. The van der Waals surface area contributed by atoms with Crippen LogP contribution in [0, 0.1) is 0 Å². The number of carbonyl (C=O) groups is 1. The van der Waals surface area contributed by atoms with Crippen molar-refractivity contribution in [2.75, 3.05) is 38.6 Å². The second-order valence-corrected chi connectivity index (χ2v) is 8.08. The molecular formula is C23H27BrN2O2. The molecule has 0 saturated heterocycles. The molecule has 1 aliphatic heterocycles. The summed E-state index contributed by atoms with van der Waals surface area (Å²) in [4.78, 5) is 15.2. The summed E-state index contributed by atoms with van der Waals surface area (Å²) >= 11 is 3.42. The highest BCUT2D eigenvalue weighted by atomic mass is 79.9. The van der Waals surface area contributed by atoms with E-state index < -0.39 is 0 Å². The Kier molecular flexibility index (Phi) is 7.29. The third-order valence-corrected chi connectivity index (χ3v) is 5.51. The van der Waals surface area contributed by atoms with Gasteiger partial charge in [-0.15, -0.1) is 6.58 Å². The third kappa shape index (κ3) is 5.24. The number of nitrogens with one attached hydrogen (secondary N) is 1. The topological polar surface area (TPSA) is 41.6 Å². The SMILES string of the molecule is C=CCN(C)CCCCOc1ccc2c(c1)C(C(=O)c1ccc(Br)cc1)CN2. The molecule has 0 amide bonds. The number of Topliss-reactive ketones (excluding diaryl/α,β-unsaturated/α-hetero) is 1. The van der Waals surface area contributed by atoms with Crippen LogP contribution in [-0.2, 0) is 0 Å². The van der Waals surface area contributed by atoms with E-state index in [2.05, 4.69) is 39.8 Å². The maximum Gasteiger partial charge on any atom is 0.172 e. The van der Waals surface area contributed by atoms with Gasteiger partial charge in [0.15, 0.2) is 5.78 Å². The quantitative estimate of drug-likeness (QED) is 0.315. The Bertz CT molecular complexity index is 820. The average molecular weight is 443 g/mol. The number of ketones is 1. The summed E-state index contributed by atoms with van der Waals surface area (Å²) in [6.45, 7) is 7.01. The van der Waals surface area contributed by atoms with E-state index in [1.807, 2.05) is 48.5 Å². The van der Waals surface area contributed by atoms with Crippen LogP contribution in [0.2, 0.25) is 0 Å². The molecule has 0 radical (unpaired) electrons. The van der Waals surface area contributed by atoms with E-state index in [0.717, 1.165) is 53.0 Å². The Morgan fingerprint density at radius 1 is 1.29 bits per heavy atom. The molecule has 2 aromatic carbocycles. The molecule has 1 unspecified atom stereocenters. The van der Waals surface area contributed by atoms with Gasteiger partial charge in [0.05, 0.1) is 12.5 Å². The number of hydrogen-bond donors (Lipinski definition) is 1. The van der Waals surface area contributed by atoms with E-state index in [4.69, 9.17) is 4.74 Å². The third-order valence-electron chi connectivity index (χ3n) is 4.98. The number of likely N-dealkylation sites (N-methyl/N-ethyl adjacent to an activating group) is 1. The summed E-state index contributed by atoms with van der Waals surface area (Å²) in [5, 5.41) is 3.34. The van der Waals surface area contributed by atoms with Gasteiger partial charge in [-0.3, -0.25) is 4.79 Å². The largest absolute Gasteiger partial charge is 0.494 e. The number of benzene rings is 2. The highest BCUT2D eigenvalue weighted by Gasteiger charge is 2.29. The normalized spacial score (nSPS) is 15.2. The number of halogens is 1. The predicted octanol–water partition coefficient (Wildman–Crippen LogP) is 5.12. The molecular weight excluding hydrogens is 416 g/mol. The lowest BCUT2D eigenvalue weighted by atomic mass is 9.92. The Balaban J connectivity index is 1.57. The van der Waals surface area contributed by atoms with E-state index >= 15 is 0 Å². The van der Waals surface area contributed by atoms with Crippen LogP contribution in [-0.4, -0.2) is 44.0 Å². The summed E-state index contributed by atoms with van der Waals surface area (Å²) in [5.41, 5.74) is 2.78. The minimum absolute atomic E-state index is 0.140. The van der Waals surface area contributed by atoms with E-state index in [-0.39, 0.29) is 11.7 Å². The number of nitrogens with zero attached hydrogens (tertiary/aromatic N) is 1. The maximum absolute atomic E-state index is 12.9. The fourth-order valence-corrected chi connectivity index (χ4v) is 3.70. The summed E-state index contributed by atoms with van der Waals surface area (Å²) in [5.74, 6) is 0.795. The molecule has 1 aliphatic rings. The number of rotatable bonds is 10. The monoisotopic (exact) mass is 442 g/mol. The molecule has 2 aromatic rings. The first-order chi connectivity index (χ1) is 13.6. The lowest BCUT2D eigenvalue weighted by Gasteiger charge is -2.14. The molecule has 0 fully saturated rings. The lowest BCUT2D eigenvalue weighted by Crippen LogP contribution is -2.19. The number of unbranched alkanes of at least 4 members (excludes halogenated alkanes) is 1. The molecule has 4 nitrogen and oxygen atoms in total. The fraction of sp³-hybridized carbons (Fsp3) is 0.348. The molecule has 28 heavy (non-hydrogen) atoms. The Hall–Kier alpha value is -2.11. The van der Waals surface area contributed by atoms with Gasteiger partial charge in [0.25, 0.3) is 0 Å². The van der Waals surface area contributed by atoms with E-state index in [9.17, 15) is 4.79 Å². The summed E-state index contributed by atoms with van der Waals surface area (Å²) in [6.07, 6.45) is 4.00. The van der Waals surface area contributed by atoms with Crippen molar-refractivity contribution in [1.29, 1.82) is 0 Å². The van der Waals surface area contributed by atoms with Crippen LogP contribution < -0.4 is 10.1 Å².